The fourth-order valence-electron chi connectivity index (χ4n) is 8.11. The van der Waals surface area contributed by atoms with Gasteiger partial charge in [0.1, 0.15) is 6.10 Å². The van der Waals surface area contributed by atoms with Crippen molar-refractivity contribution in [1.82, 2.24) is 5.32 Å². The predicted molar refractivity (Wildman–Crippen MR) is 236 cm³/mol. The topological polar surface area (TPSA) is 89.8 Å². The van der Waals surface area contributed by atoms with E-state index in [0.29, 0.717) is 12.8 Å². The van der Waals surface area contributed by atoms with E-state index in [4.69, 9.17) is 0 Å². The van der Waals surface area contributed by atoms with E-state index >= 15 is 0 Å². The SMILES string of the molecule is CCCCCCCCCCCCCCCCCCCCCCCCCCCCCCCC(=O)NC(CO)C(O)C(O)CCCCCCCCCCCCC. The van der Waals surface area contributed by atoms with Crippen LogP contribution in [0.3, 0.4) is 0 Å². The molecule has 3 atom stereocenters. The molecule has 0 radical (unpaired) electrons. The lowest BCUT2D eigenvalue weighted by Crippen LogP contribution is -2.50. The Balaban J connectivity index is 3.45. The highest BCUT2D eigenvalue weighted by molar-refractivity contribution is 5.76. The van der Waals surface area contributed by atoms with Crippen molar-refractivity contribution in [3.05, 3.63) is 0 Å². The van der Waals surface area contributed by atoms with Crippen molar-refractivity contribution in [2.45, 2.75) is 302 Å². The van der Waals surface area contributed by atoms with Gasteiger partial charge in [0.25, 0.3) is 0 Å². The molecule has 1 amide bonds. The van der Waals surface area contributed by atoms with Gasteiger partial charge in [-0.3, -0.25) is 4.79 Å². The summed E-state index contributed by atoms with van der Waals surface area (Å²) in [5.41, 5.74) is 0. The average molecular weight is 766 g/mol. The quantitative estimate of drug-likeness (QED) is 0.0465. The molecule has 5 nitrogen and oxygen atoms in total. The lowest BCUT2D eigenvalue weighted by molar-refractivity contribution is -0.124. The van der Waals surface area contributed by atoms with Gasteiger partial charge in [0.15, 0.2) is 0 Å². The molecule has 324 valence electrons. The molecule has 0 aliphatic heterocycles. The Bertz CT molecular complexity index is 718. The Kier molecular flexibility index (Phi) is 44.5. The smallest absolute Gasteiger partial charge is 0.220 e. The zero-order valence-electron chi connectivity index (χ0n) is 36.9. The van der Waals surface area contributed by atoms with Gasteiger partial charge in [-0.25, -0.2) is 0 Å². The largest absolute Gasteiger partial charge is 0.394 e. The molecule has 0 aromatic carbocycles. The van der Waals surface area contributed by atoms with Crippen LogP contribution in [0.5, 0.6) is 0 Å². The first-order chi connectivity index (χ1) is 26.6. The normalized spacial score (nSPS) is 13.4. The summed E-state index contributed by atoms with van der Waals surface area (Å²) in [6, 6.07) is -0.802. The van der Waals surface area contributed by atoms with Crippen LogP contribution in [0.25, 0.3) is 0 Å². The van der Waals surface area contributed by atoms with Gasteiger partial charge in [-0.15, -0.1) is 0 Å². The highest BCUT2D eigenvalue weighted by Crippen LogP contribution is 2.18. The summed E-state index contributed by atoms with van der Waals surface area (Å²) in [4.78, 5) is 12.4. The molecule has 0 spiro atoms. The Morgan fingerprint density at radius 3 is 0.889 bits per heavy atom. The van der Waals surface area contributed by atoms with Crippen LogP contribution in [-0.4, -0.2) is 46.1 Å². The summed E-state index contributed by atoms with van der Waals surface area (Å²) in [5, 5.41) is 33.5. The number of hydrogen-bond acceptors (Lipinski definition) is 4. The molecule has 0 fully saturated rings. The maximum absolute atomic E-state index is 12.4. The third kappa shape index (κ3) is 39.6. The Hall–Kier alpha value is -0.650. The summed E-state index contributed by atoms with van der Waals surface area (Å²) in [6.45, 7) is 4.19. The highest BCUT2D eigenvalue weighted by atomic mass is 16.3. The molecule has 0 aromatic heterocycles. The number of amides is 1. The third-order valence-electron chi connectivity index (χ3n) is 12.0. The van der Waals surface area contributed by atoms with E-state index in [2.05, 4.69) is 19.2 Å². The van der Waals surface area contributed by atoms with Gasteiger partial charge in [0.2, 0.25) is 5.91 Å². The zero-order chi connectivity index (χ0) is 39.4. The Morgan fingerprint density at radius 1 is 0.389 bits per heavy atom. The van der Waals surface area contributed by atoms with E-state index in [1.807, 2.05) is 0 Å². The second-order valence-corrected chi connectivity index (χ2v) is 17.4. The fraction of sp³-hybridized carbons (Fsp3) is 0.980. The van der Waals surface area contributed by atoms with Crippen molar-refractivity contribution < 1.29 is 20.1 Å². The molecule has 0 bridgehead atoms. The number of hydrogen-bond donors (Lipinski definition) is 4. The minimum Gasteiger partial charge on any atom is -0.394 e. The van der Waals surface area contributed by atoms with E-state index in [-0.39, 0.29) is 12.5 Å². The summed E-state index contributed by atoms with van der Waals surface area (Å²) in [7, 11) is 0. The Morgan fingerprint density at radius 2 is 0.630 bits per heavy atom. The van der Waals surface area contributed by atoms with Gasteiger partial charge in [-0.05, 0) is 12.8 Å². The van der Waals surface area contributed by atoms with Crippen LogP contribution in [0.15, 0.2) is 0 Å². The van der Waals surface area contributed by atoms with Crippen molar-refractivity contribution >= 4 is 5.91 Å². The summed E-state index contributed by atoms with van der Waals surface area (Å²) in [6.07, 6.45) is 52.5. The molecule has 0 aromatic rings. The molecule has 4 N–H and O–H groups in total. The first-order valence-electron chi connectivity index (χ1n) is 24.8. The number of unbranched alkanes of at least 4 members (excludes halogenated alkanes) is 38. The van der Waals surface area contributed by atoms with Gasteiger partial charge in [0, 0.05) is 6.42 Å². The van der Waals surface area contributed by atoms with Crippen LogP contribution in [0.1, 0.15) is 284 Å². The number of aliphatic hydroxyl groups excluding tert-OH is 3. The van der Waals surface area contributed by atoms with Crippen LogP contribution in [0, 0.1) is 0 Å². The van der Waals surface area contributed by atoms with E-state index in [9.17, 15) is 20.1 Å². The number of carbonyl (C=O) groups excluding carboxylic acids is 1. The molecule has 0 heterocycles. The van der Waals surface area contributed by atoms with Crippen molar-refractivity contribution in [1.29, 1.82) is 0 Å². The van der Waals surface area contributed by atoms with Crippen molar-refractivity contribution in [3.8, 4) is 0 Å². The van der Waals surface area contributed by atoms with Crippen LogP contribution in [0.2, 0.25) is 0 Å². The van der Waals surface area contributed by atoms with Gasteiger partial charge in [0.05, 0.1) is 18.8 Å². The fourth-order valence-corrected chi connectivity index (χ4v) is 8.11. The maximum Gasteiger partial charge on any atom is 0.220 e. The van der Waals surface area contributed by atoms with Crippen LogP contribution in [0.4, 0.5) is 0 Å². The molecular weight excluding hydrogens is 667 g/mol. The van der Waals surface area contributed by atoms with E-state index < -0.39 is 18.2 Å². The minimum atomic E-state index is -1.13. The number of nitrogens with one attached hydrogen (secondary N) is 1. The van der Waals surface area contributed by atoms with Gasteiger partial charge in [-0.2, -0.15) is 0 Å². The molecule has 3 unspecified atom stereocenters. The molecule has 0 rings (SSSR count). The molecule has 0 aliphatic rings. The van der Waals surface area contributed by atoms with E-state index in [1.165, 1.54) is 218 Å². The molecule has 0 saturated carbocycles. The molecule has 0 saturated heterocycles. The van der Waals surface area contributed by atoms with Crippen LogP contribution >= 0.6 is 0 Å². The monoisotopic (exact) mass is 766 g/mol. The van der Waals surface area contributed by atoms with Gasteiger partial charge >= 0.3 is 0 Å². The molecule has 5 heteroatoms. The van der Waals surface area contributed by atoms with E-state index in [1.54, 1.807) is 0 Å². The van der Waals surface area contributed by atoms with Crippen LogP contribution in [-0.2, 0) is 4.79 Å². The van der Waals surface area contributed by atoms with Crippen molar-refractivity contribution in [3.63, 3.8) is 0 Å². The van der Waals surface area contributed by atoms with Crippen LogP contribution < -0.4 is 5.32 Å². The molecule has 0 aliphatic carbocycles. The second-order valence-electron chi connectivity index (χ2n) is 17.4. The Labute approximate surface area is 338 Å². The first kappa shape index (κ1) is 53.4. The third-order valence-corrected chi connectivity index (χ3v) is 12.0. The van der Waals surface area contributed by atoms with Gasteiger partial charge in [-0.1, -0.05) is 264 Å². The number of carbonyl (C=O) groups is 1. The summed E-state index contributed by atoms with van der Waals surface area (Å²) >= 11 is 0. The molecular formula is C49H99NO4. The maximum atomic E-state index is 12.4. The van der Waals surface area contributed by atoms with Crippen molar-refractivity contribution in [2.75, 3.05) is 6.61 Å². The summed E-state index contributed by atoms with van der Waals surface area (Å²) in [5.74, 6) is -0.139. The zero-order valence-corrected chi connectivity index (χ0v) is 36.9. The van der Waals surface area contributed by atoms with E-state index in [0.717, 1.165) is 38.5 Å². The van der Waals surface area contributed by atoms with Gasteiger partial charge < -0.3 is 20.6 Å². The average Bonchev–Trinajstić information content (AvgIpc) is 3.18. The summed E-state index contributed by atoms with van der Waals surface area (Å²) < 4.78 is 0. The first-order valence-corrected chi connectivity index (χ1v) is 24.8. The standard InChI is InChI=1S/C49H99NO4/c1-3-5-7-9-11-13-15-16-17-18-19-20-21-22-23-24-25-26-27-28-29-30-31-32-34-36-38-40-42-44-48(53)50-46(45-51)49(54)47(52)43-41-39-37-35-33-14-12-10-8-6-4-2/h46-47,49,51-52,54H,3-45H2,1-2H3,(H,50,53). The number of aliphatic hydroxyl groups is 3. The predicted octanol–water partition coefficient (Wildman–Crippen LogP) is 14.6. The second kappa shape index (κ2) is 45.1. The van der Waals surface area contributed by atoms with Crippen molar-refractivity contribution in [2.24, 2.45) is 0 Å². The highest BCUT2D eigenvalue weighted by Gasteiger charge is 2.26. The minimum absolute atomic E-state index is 0.139. The molecule has 54 heavy (non-hydrogen) atoms. The lowest BCUT2D eigenvalue weighted by Gasteiger charge is -2.26. The number of rotatable bonds is 46. The lowest BCUT2D eigenvalue weighted by atomic mass is 9.99.